The number of anilines is 1. The van der Waals surface area contributed by atoms with Gasteiger partial charge in [-0.25, -0.2) is 9.37 Å². The largest absolute Gasteiger partial charge is 0.438 e. The molecule has 0 aliphatic rings. The van der Waals surface area contributed by atoms with Crippen LogP contribution in [0.4, 0.5) is 10.2 Å². The van der Waals surface area contributed by atoms with Gasteiger partial charge in [-0.15, -0.1) is 0 Å². The van der Waals surface area contributed by atoms with E-state index in [0.717, 1.165) is 0 Å². The Bertz CT molecular complexity index is 604. The van der Waals surface area contributed by atoms with Crippen LogP contribution < -0.4 is 10.5 Å². The van der Waals surface area contributed by atoms with Crippen LogP contribution in [0.5, 0.6) is 11.6 Å². The van der Waals surface area contributed by atoms with Crippen molar-refractivity contribution < 1.29 is 9.13 Å². The third-order valence-electron chi connectivity index (χ3n) is 2.36. The molecule has 0 radical (unpaired) electrons. The zero-order chi connectivity index (χ0) is 14.0. The fraction of sp³-hybridized carbons (Fsp3) is 0.231. The van der Waals surface area contributed by atoms with E-state index in [1.165, 1.54) is 18.2 Å². The van der Waals surface area contributed by atoms with Gasteiger partial charge in [0.1, 0.15) is 23.2 Å². The third kappa shape index (κ3) is 3.41. The average molecular weight is 326 g/mol. The molecule has 4 nitrogen and oxygen atoms in total. The van der Waals surface area contributed by atoms with Crippen molar-refractivity contribution in [2.24, 2.45) is 0 Å². The lowest BCUT2D eigenvalue weighted by atomic mass is 10.2. The number of hydrogen-bond acceptors (Lipinski definition) is 4. The topological polar surface area (TPSA) is 61.0 Å². The standard InChI is InChI=1S/C13H13BrFN3O/c1-7(2)13-17-11(16)6-12(18-13)19-10-5-8(15)3-4-9(10)14/h3-7H,1-2H3,(H2,16,17,18). The zero-order valence-electron chi connectivity index (χ0n) is 10.5. The Labute approximate surface area is 119 Å². The molecule has 0 amide bonds. The van der Waals surface area contributed by atoms with Gasteiger partial charge in [0.05, 0.1) is 4.47 Å². The SMILES string of the molecule is CC(C)c1nc(N)cc(Oc2cc(F)ccc2Br)n1. The highest BCUT2D eigenvalue weighted by atomic mass is 79.9. The Morgan fingerprint density at radius 1 is 1.26 bits per heavy atom. The van der Waals surface area contributed by atoms with Crippen LogP contribution in [0.25, 0.3) is 0 Å². The number of rotatable bonds is 3. The minimum Gasteiger partial charge on any atom is -0.438 e. The molecule has 2 N–H and O–H groups in total. The van der Waals surface area contributed by atoms with Crippen molar-refractivity contribution in [1.29, 1.82) is 0 Å². The van der Waals surface area contributed by atoms with Gasteiger partial charge in [-0.05, 0) is 28.1 Å². The van der Waals surface area contributed by atoms with Gasteiger partial charge in [0.25, 0.3) is 0 Å². The monoisotopic (exact) mass is 325 g/mol. The molecule has 2 aromatic rings. The first-order chi connectivity index (χ1) is 8.95. The second-order valence-electron chi connectivity index (χ2n) is 4.32. The molecular formula is C13H13BrFN3O. The molecular weight excluding hydrogens is 313 g/mol. The van der Waals surface area contributed by atoms with Crippen LogP contribution in [-0.4, -0.2) is 9.97 Å². The van der Waals surface area contributed by atoms with E-state index in [9.17, 15) is 4.39 Å². The van der Waals surface area contributed by atoms with Gasteiger partial charge in [-0.2, -0.15) is 4.98 Å². The van der Waals surface area contributed by atoms with Crippen molar-refractivity contribution in [3.63, 3.8) is 0 Å². The van der Waals surface area contributed by atoms with Crippen molar-refractivity contribution in [2.75, 3.05) is 5.73 Å². The highest BCUT2D eigenvalue weighted by Crippen LogP contribution is 2.30. The van der Waals surface area contributed by atoms with E-state index in [4.69, 9.17) is 10.5 Å². The molecule has 0 saturated carbocycles. The Hall–Kier alpha value is -1.69. The normalized spacial score (nSPS) is 10.8. The number of nitrogen functional groups attached to an aromatic ring is 1. The Morgan fingerprint density at radius 2 is 2.00 bits per heavy atom. The molecule has 0 aliphatic carbocycles. The van der Waals surface area contributed by atoms with E-state index in [0.29, 0.717) is 27.7 Å². The minimum atomic E-state index is -0.385. The van der Waals surface area contributed by atoms with Gasteiger partial charge in [0.2, 0.25) is 5.88 Å². The summed E-state index contributed by atoms with van der Waals surface area (Å²) >= 11 is 3.29. The number of ether oxygens (including phenoxy) is 1. The highest BCUT2D eigenvalue weighted by molar-refractivity contribution is 9.10. The lowest BCUT2D eigenvalue weighted by Crippen LogP contribution is -2.03. The Balaban J connectivity index is 2.35. The second kappa shape index (κ2) is 5.52. The summed E-state index contributed by atoms with van der Waals surface area (Å²) in [5, 5.41) is 0. The van der Waals surface area contributed by atoms with Crippen LogP contribution in [0.2, 0.25) is 0 Å². The first-order valence-electron chi connectivity index (χ1n) is 5.73. The summed E-state index contributed by atoms with van der Waals surface area (Å²) in [6, 6.07) is 5.68. The van der Waals surface area contributed by atoms with Crippen molar-refractivity contribution in [3.8, 4) is 11.6 Å². The van der Waals surface area contributed by atoms with Gasteiger partial charge in [0.15, 0.2) is 0 Å². The van der Waals surface area contributed by atoms with Crippen LogP contribution >= 0.6 is 15.9 Å². The summed E-state index contributed by atoms with van der Waals surface area (Å²) in [6.45, 7) is 3.91. The second-order valence-corrected chi connectivity index (χ2v) is 5.18. The molecule has 19 heavy (non-hydrogen) atoms. The van der Waals surface area contributed by atoms with Crippen molar-refractivity contribution in [2.45, 2.75) is 19.8 Å². The predicted molar refractivity (Wildman–Crippen MR) is 74.7 cm³/mol. The summed E-state index contributed by atoms with van der Waals surface area (Å²) in [4.78, 5) is 8.36. The summed E-state index contributed by atoms with van der Waals surface area (Å²) in [6.07, 6.45) is 0. The van der Waals surface area contributed by atoms with Gasteiger partial charge in [0, 0.05) is 18.1 Å². The summed E-state index contributed by atoms with van der Waals surface area (Å²) in [5.41, 5.74) is 5.70. The first-order valence-corrected chi connectivity index (χ1v) is 6.52. The molecule has 0 saturated heterocycles. The molecule has 100 valence electrons. The van der Waals surface area contributed by atoms with Crippen molar-refractivity contribution >= 4 is 21.7 Å². The van der Waals surface area contributed by atoms with Crippen LogP contribution in [0.3, 0.4) is 0 Å². The first kappa shape index (κ1) is 13.7. The zero-order valence-corrected chi connectivity index (χ0v) is 12.1. The van der Waals surface area contributed by atoms with Gasteiger partial charge >= 0.3 is 0 Å². The maximum Gasteiger partial charge on any atom is 0.224 e. The fourth-order valence-electron chi connectivity index (χ4n) is 1.44. The minimum absolute atomic E-state index is 0.127. The molecule has 0 unspecified atom stereocenters. The summed E-state index contributed by atoms with van der Waals surface area (Å²) in [5.74, 6) is 1.28. The van der Waals surface area contributed by atoms with E-state index < -0.39 is 0 Å². The van der Waals surface area contributed by atoms with Crippen molar-refractivity contribution in [3.05, 3.63) is 40.4 Å². The molecule has 0 spiro atoms. The number of nitrogens with two attached hydrogens (primary N) is 1. The smallest absolute Gasteiger partial charge is 0.224 e. The van der Waals surface area contributed by atoms with E-state index in [1.54, 1.807) is 6.07 Å². The molecule has 1 aromatic carbocycles. The van der Waals surface area contributed by atoms with Crippen LogP contribution in [0.15, 0.2) is 28.7 Å². The van der Waals surface area contributed by atoms with E-state index >= 15 is 0 Å². The van der Waals surface area contributed by atoms with Gasteiger partial charge < -0.3 is 10.5 Å². The lowest BCUT2D eigenvalue weighted by molar-refractivity contribution is 0.450. The molecule has 0 fully saturated rings. The van der Waals surface area contributed by atoms with Gasteiger partial charge in [-0.3, -0.25) is 0 Å². The van der Waals surface area contributed by atoms with Crippen LogP contribution in [-0.2, 0) is 0 Å². The average Bonchev–Trinajstić information content (AvgIpc) is 2.33. The number of halogens is 2. The summed E-state index contributed by atoms with van der Waals surface area (Å²) in [7, 11) is 0. The van der Waals surface area contributed by atoms with Crippen molar-refractivity contribution in [1.82, 2.24) is 9.97 Å². The maximum absolute atomic E-state index is 13.2. The number of aromatic nitrogens is 2. The molecule has 2 rings (SSSR count). The molecule has 0 atom stereocenters. The number of nitrogens with zero attached hydrogens (tertiary/aromatic N) is 2. The Kier molecular flexibility index (Phi) is 3.99. The lowest BCUT2D eigenvalue weighted by Gasteiger charge is -2.10. The molecule has 1 aromatic heterocycles. The van der Waals surface area contributed by atoms with E-state index in [-0.39, 0.29) is 11.7 Å². The molecule has 6 heteroatoms. The van der Waals surface area contributed by atoms with Crippen LogP contribution in [0.1, 0.15) is 25.6 Å². The maximum atomic E-state index is 13.2. The quantitative estimate of drug-likeness (QED) is 0.930. The number of hydrogen-bond donors (Lipinski definition) is 1. The van der Waals surface area contributed by atoms with Crippen LogP contribution in [0, 0.1) is 5.82 Å². The molecule has 1 heterocycles. The predicted octanol–water partition coefficient (Wildman–Crippen LogP) is 3.88. The molecule has 0 bridgehead atoms. The highest BCUT2D eigenvalue weighted by Gasteiger charge is 2.10. The van der Waals surface area contributed by atoms with E-state index in [1.807, 2.05) is 13.8 Å². The number of benzene rings is 1. The van der Waals surface area contributed by atoms with E-state index in [2.05, 4.69) is 25.9 Å². The molecule has 0 aliphatic heterocycles. The third-order valence-corrected chi connectivity index (χ3v) is 3.02. The fourth-order valence-corrected chi connectivity index (χ4v) is 1.77. The summed E-state index contributed by atoms with van der Waals surface area (Å²) < 4.78 is 19.4. The van der Waals surface area contributed by atoms with Gasteiger partial charge in [-0.1, -0.05) is 13.8 Å². The Morgan fingerprint density at radius 3 is 2.68 bits per heavy atom.